The van der Waals surface area contributed by atoms with E-state index in [2.05, 4.69) is 5.32 Å². The first-order chi connectivity index (χ1) is 13.4. The summed E-state index contributed by atoms with van der Waals surface area (Å²) in [4.78, 5) is 29.2. The Kier molecular flexibility index (Phi) is 6.98. The third kappa shape index (κ3) is 5.98. The smallest absolute Gasteiger partial charge is 0.279 e. The van der Waals surface area contributed by atoms with Gasteiger partial charge < -0.3 is 24.8 Å². The van der Waals surface area contributed by atoms with Crippen LogP contribution in [0.15, 0.2) is 24.3 Å². The number of nitrogens with zero attached hydrogens (tertiary/aromatic N) is 1. The maximum Gasteiger partial charge on any atom is 0.279 e. The van der Waals surface area contributed by atoms with Gasteiger partial charge in [0.05, 0.1) is 12.2 Å². The van der Waals surface area contributed by atoms with Gasteiger partial charge in [-0.3, -0.25) is 9.59 Å². The van der Waals surface area contributed by atoms with Gasteiger partial charge in [-0.05, 0) is 32.0 Å². The molecule has 2 saturated heterocycles. The van der Waals surface area contributed by atoms with Crippen LogP contribution in [0, 0.1) is 5.82 Å². The summed E-state index contributed by atoms with van der Waals surface area (Å²) in [5.74, 6) is -0.295. The predicted octanol–water partition coefficient (Wildman–Crippen LogP) is -1.82. The molecule has 1 aromatic rings. The molecule has 154 valence electrons. The zero-order valence-corrected chi connectivity index (χ0v) is 16.7. The summed E-state index contributed by atoms with van der Waals surface area (Å²) in [6, 6.07) is 5.92. The fraction of sp³-hybridized carbons (Fsp3) is 0.600. The van der Waals surface area contributed by atoms with Crippen molar-refractivity contribution < 1.29 is 28.5 Å². The van der Waals surface area contributed by atoms with Gasteiger partial charge in [-0.2, -0.15) is 0 Å². The van der Waals surface area contributed by atoms with Crippen molar-refractivity contribution >= 4 is 17.5 Å². The van der Waals surface area contributed by atoms with Crippen LogP contribution < -0.4 is 15.1 Å². The van der Waals surface area contributed by atoms with Crippen LogP contribution >= 0.6 is 0 Å². The number of morpholine rings is 1. The van der Waals surface area contributed by atoms with Crippen molar-refractivity contribution in [1.29, 1.82) is 0 Å². The van der Waals surface area contributed by atoms with Crippen LogP contribution in [-0.2, 0) is 14.3 Å². The second-order valence-corrected chi connectivity index (χ2v) is 7.97. The van der Waals surface area contributed by atoms with Crippen LogP contribution in [-0.4, -0.2) is 81.3 Å². The van der Waals surface area contributed by atoms with Crippen LogP contribution in [0.2, 0.25) is 0 Å². The number of amides is 2. The quantitative estimate of drug-likeness (QED) is 0.551. The van der Waals surface area contributed by atoms with Crippen molar-refractivity contribution in [2.75, 3.05) is 57.7 Å². The SMILES string of the molecule is C[C@H]1CN(C(=O)C[NH+]2CC[NH+](CC(=O)Nc3cccc(F)c3)CC2)C[C@H](C)O1. The largest absolute Gasteiger partial charge is 0.372 e. The number of benzene rings is 1. The number of carbonyl (C=O) groups is 2. The van der Waals surface area contributed by atoms with E-state index < -0.39 is 0 Å². The molecule has 0 aromatic heterocycles. The summed E-state index contributed by atoms with van der Waals surface area (Å²) in [6.45, 7) is 9.60. The number of hydrogen-bond donors (Lipinski definition) is 3. The number of carbonyl (C=O) groups excluding carboxylic acids is 2. The van der Waals surface area contributed by atoms with Gasteiger partial charge in [0, 0.05) is 18.8 Å². The number of halogens is 1. The molecule has 0 aliphatic carbocycles. The average Bonchev–Trinajstić information content (AvgIpc) is 2.62. The normalized spacial score (nSPS) is 28.0. The van der Waals surface area contributed by atoms with Crippen molar-refractivity contribution in [3.05, 3.63) is 30.1 Å². The van der Waals surface area contributed by atoms with Crippen molar-refractivity contribution in [3.8, 4) is 0 Å². The molecular weight excluding hydrogens is 363 g/mol. The highest BCUT2D eigenvalue weighted by Crippen LogP contribution is 2.10. The first-order valence-corrected chi connectivity index (χ1v) is 10.0. The monoisotopic (exact) mass is 394 g/mol. The number of ether oxygens (including phenoxy) is 1. The Bertz CT molecular complexity index is 684. The van der Waals surface area contributed by atoms with Gasteiger partial charge in [-0.25, -0.2) is 4.39 Å². The van der Waals surface area contributed by atoms with Gasteiger partial charge in [-0.15, -0.1) is 0 Å². The van der Waals surface area contributed by atoms with Crippen molar-refractivity contribution in [1.82, 2.24) is 4.90 Å². The Morgan fingerprint density at radius 2 is 1.71 bits per heavy atom. The molecule has 0 saturated carbocycles. The summed E-state index contributed by atoms with van der Waals surface area (Å²) in [7, 11) is 0. The number of hydrogen-bond acceptors (Lipinski definition) is 3. The maximum atomic E-state index is 13.2. The van der Waals surface area contributed by atoms with E-state index in [1.54, 1.807) is 12.1 Å². The third-order valence-corrected chi connectivity index (χ3v) is 5.36. The van der Waals surface area contributed by atoms with Crippen molar-refractivity contribution in [3.63, 3.8) is 0 Å². The Labute approximate surface area is 165 Å². The minimum atomic E-state index is -0.365. The number of rotatable bonds is 5. The highest BCUT2D eigenvalue weighted by atomic mass is 19.1. The van der Waals surface area contributed by atoms with Gasteiger partial charge in [0.2, 0.25) is 0 Å². The summed E-state index contributed by atoms with van der Waals surface area (Å²) < 4.78 is 18.9. The number of piperazine rings is 1. The minimum Gasteiger partial charge on any atom is -0.372 e. The highest BCUT2D eigenvalue weighted by Gasteiger charge is 2.31. The van der Waals surface area contributed by atoms with Gasteiger partial charge in [0.25, 0.3) is 11.8 Å². The zero-order valence-electron chi connectivity index (χ0n) is 16.7. The summed E-state index contributed by atoms with van der Waals surface area (Å²) in [6.07, 6.45) is 0.168. The molecule has 3 rings (SSSR count). The average molecular weight is 394 g/mol. The van der Waals surface area contributed by atoms with Crippen LogP contribution in [0.3, 0.4) is 0 Å². The molecule has 8 heteroatoms. The predicted molar refractivity (Wildman–Crippen MR) is 103 cm³/mol. The van der Waals surface area contributed by atoms with Crippen LogP contribution in [0.1, 0.15) is 13.8 Å². The molecule has 2 aliphatic rings. The molecule has 0 spiro atoms. The van der Waals surface area contributed by atoms with Gasteiger partial charge in [0.1, 0.15) is 32.0 Å². The molecule has 2 heterocycles. The van der Waals surface area contributed by atoms with E-state index in [-0.39, 0.29) is 29.8 Å². The summed E-state index contributed by atoms with van der Waals surface area (Å²) in [5, 5.41) is 2.75. The van der Waals surface area contributed by atoms with Gasteiger partial charge in [0.15, 0.2) is 13.1 Å². The van der Waals surface area contributed by atoms with Crippen LogP contribution in [0.4, 0.5) is 10.1 Å². The number of quaternary nitrogens is 2. The van der Waals surface area contributed by atoms with E-state index in [9.17, 15) is 14.0 Å². The lowest BCUT2D eigenvalue weighted by atomic mass is 10.2. The number of nitrogens with one attached hydrogen (secondary N) is 3. The zero-order chi connectivity index (χ0) is 20.1. The summed E-state index contributed by atoms with van der Waals surface area (Å²) >= 11 is 0. The Morgan fingerprint density at radius 3 is 2.32 bits per heavy atom. The van der Waals surface area contributed by atoms with Crippen molar-refractivity contribution in [2.45, 2.75) is 26.1 Å². The summed E-state index contributed by atoms with van der Waals surface area (Å²) in [5.41, 5.74) is 0.480. The topological polar surface area (TPSA) is 67.5 Å². The highest BCUT2D eigenvalue weighted by molar-refractivity contribution is 5.91. The molecule has 2 atom stereocenters. The lowest BCUT2D eigenvalue weighted by Crippen LogP contribution is -3.28. The van der Waals surface area contributed by atoms with E-state index in [0.717, 1.165) is 26.2 Å². The molecule has 1 aromatic carbocycles. The Balaban J connectivity index is 1.39. The minimum absolute atomic E-state index is 0.0839. The molecule has 2 aliphatic heterocycles. The first-order valence-electron chi connectivity index (χ1n) is 10.0. The lowest BCUT2D eigenvalue weighted by Gasteiger charge is -2.36. The first kappa shape index (κ1) is 20.7. The molecule has 0 radical (unpaired) electrons. The molecular formula is C20H31FN4O3+2. The van der Waals surface area contributed by atoms with Crippen molar-refractivity contribution in [2.24, 2.45) is 0 Å². The standard InChI is InChI=1S/C20H29FN4O3/c1-15-11-25(12-16(2)28-15)20(27)14-24-8-6-23(7-9-24)13-19(26)22-18-5-3-4-17(21)10-18/h3-5,10,15-16H,6-9,11-14H2,1-2H3,(H,22,26)/p+2/t15-,16-/m0/s1. The van der Waals surface area contributed by atoms with E-state index in [1.165, 1.54) is 21.9 Å². The van der Waals surface area contributed by atoms with E-state index in [0.29, 0.717) is 31.9 Å². The Hall–Kier alpha value is -2.03. The second kappa shape index (κ2) is 9.45. The molecule has 3 N–H and O–H groups in total. The Morgan fingerprint density at radius 1 is 1.11 bits per heavy atom. The fourth-order valence-corrected chi connectivity index (χ4v) is 4.02. The molecule has 7 nitrogen and oxygen atoms in total. The van der Waals surface area contributed by atoms with E-state index >= 15 is 0 Å². The van der Waals surface area contributed by atoms with Crippen LogP contribution in [0.5, 0.6) is 0 Å². The number of anilines is 1. The second-order valence-electron chi connectivity index (χ2n) is 7.97. The fourth-order valence-electron chi connectivity index (χ4n) is 4.02. The molecule has 28 heavy (non-hydrogen) atoms. The van der Waals surface area contributed by atoms with E-state index in [1.807, 2.05) is 18.7 Å². The van der Waals surface area contributed by atoms with Gasteiger partial charge >= 0.3 is 0 Å². The molecule has 0 bridgehead atoms. The molecule has 2 fully saturated rings. The molecule has 2 amide bonds. The van der Waals surface area contributed by atoms with Gasteiger partial charge in [-0.1, -0.05) is 6.07 Å². The maximum absolute atomic E-state index is 13.2. The molecule has 0 unspecified atom stereocenters. The van der Waals surface area contributed by atoms with Crippen LogP contribution in [0.25, 0.3) is 0 Å². The lowest BCUT2D eigenvalue weighted by molar-refractivity contribution is -1.00. The third-order valence-electron chi connectivity index (χ3n) is 5.36. The van der Waals surface area contributed by atoms with E-state index in [4.69, 9.17) is 4.74 Å².